The summed E-state index contributed by atoms with van der Waals surface area (Å²) in [4.78, 5) is 13.4. The van der Waals surface area contributed by atoms with Gasteiger partial charge in [-0.1, -0.05) is 49.2 Å². The van der Waals surface area contributed by atoms with Crippen molar-refractivity contribution >= 4 is 5.91 Å². The second-order valence-electron chi connectivity index (χ2n) is 7.42. The molecule has 1 amide bonds. The lowest BCUT2D eigenvalue weighted by atomic mass is 9.77. The molecule has 0 saturated heterocycles. The van der Waals surface area contributed by atoms with E-state index in [9.17, 15) is 4.79 Å². The molecule has 0 aromatic heterocycles. The predicted octanol–water partition coefficient (Wildman–Crippen LogP) is 5.17. The zero-order valence-corrected chi connectivity index (χ0v) is 17.2. The molecular formula is C24H31NO3. The van der Waals surface area contributed by atoms with Gasteiger partial charge < -0.3 is 14.8 Å². The fourth-order valence-corrected chi connectivity index (χ4v) is 4.14. The Hall–Kier alpha value is -2.49. The van der Waals surface area contributed by atoms with E-state index in [4.69, 9.17) is 9.47 Å². The smallest absolute Gasteiger partial charge is 0.231 e. The van der Waals surface area contributed by atoms with E-state index in [-0.39, 0.29) is 11.9 Å². The molecule has 0 aliphatic heterocycles. The van der Waals surface area contributed by atoms with Crippen molar-refractivity contribution in [3.63, 3.8) is 0 Å². The van der Waals surface area contributed by atoms with Crippen LogP contribution >= 0.6 is 0 Å². The van der Waals surface area contributed by atoms with Crippen molar-refractivity contribution in [3.8, 4) is 11.5 Å². The summed E-state index contributed by atoms with van der Waals surface area (Å²) in [5.74, 6) is 1.58. The van der Waals surface area contributed by atoms with Crippen LogP contribution in [0.25, 0.3) is 0 Å². The Kier molecular flexibility index (Phi) is 6.61. The number of ether oxygens (including phenoxy) is 2. The zero-order chi connectivity index (χ0) is 20.0. The number of nitrogens with one attached hydrogen (secondary N) is 1. The second kappa shape index (κ2) is 9.13. The van der Waals surface area contributed by atoms with Crippen molar-refractivity contribution in [2.75, 3.05) is 13.2 Å². The molecule has 1 aliphatic rings. The summed E-state index contributed by atoms with van der Waals surface area (Å²) < 4.78 is 11.4. The van der Waals surface area contributed by atoms with Crippen LogP contribution in [0.4, 0.5) is 0 Å². The van der Waals surface area contributed by atoms with E-state index >= 15 is 0 Å². The summed E-state index contributed by atoms with van der Waals surface area (Å²) in [5, 5.41) is 3.26. The number of carbonyl (C=O) groups excluding carboxylic acids is 1. The van der Waals surface area contributed by atoms with Crippen molar-refractivity contribution in [2.45, 2.75) is 57.9 Å². The number of hydrogen-bond acceptors (Lipinski definition) is 3. The third kappa shape index (κ3) is 4.16. The summed E-state index contributed by atoms with van der Waals surface area (Å²) in [7, 11) is 0. The predicted molar refractivity (Wildman–Crippen MR) is 112 cm³/mol. The number of benzene rings is 2. The van der Waals surface area contributed by atoms with Gasteiger partial charge in [0.2, 0.25) is 5.91 Å². The van der Waals surface area contributed by atoms with Crippen molar-refractivity contribution in [1.29, 1.82) is 0 Å². The minimum atomic E-state index is -0.413. The third-order valence-corrected chi connectivity index (χ3v) is 5.63. The van der Waals surface area contributed by atoms with Gasteiger partial charge in [0.1, 0.15) is 0 Å². The molecule has 1 N–H and O–H groups in total. The molecule has 1 fully saturated rings. The van der Waals surface area contributed by atoms with Crippen LogP contribution in [0.5, 0.6) is 11.5 Å². The molecular weight excluding hydrogens is 350 g/mol. The van der Waals surface area contributed by atoms with E-state index in [1.807, 2.05) is 57.2 Å². The second-order valence-corrected chi connectivity index (χ2v) is 7.42. The average Bonchev–Trinajstić information content (AvgIpc) is 3.21. The van der Waals surface area contributed by atoms with Gasteiger partial charge in [-0.15, -0.1) is 0 Å². The summed E-state index contributed by atoms with van der Waals surface area (Å²) in [5.41, 5.74) is 1.73. The molecule has 0 bridgehead atoms. The van der Waals surface area contributed by atoms with Crippen molar-refractivity contribution in [1.82, 2.24) is 5.32 Å². The fraction of sp³-hybridized carbons (Fsp3) is 0.458. The van der Waals surface area contributed by atoms with E-state index in [0.29, 0.717) is 13.2 Å². The Labute approximate surface area is 168 Å². The van der Waals surface area contributed by atoms with Gasteiger partial charge in [0, 0.05) is 0 Å². The van der Waals surface area contributed by atoms with Gasteiger partial charge in [0.15, 0.2) is 11.5 Å². The van der Waals surface area contributed by atoms with Crippen molar-refractivity contribution in [2.24, 2.45) is 0 Å². The highest BCUT2D eigenvalue weighted by Gasteiger charge is 2.42. The molecule has 0 heterocycles. The Morgan fingerprint density at radius 1 is 1.00 bits per heavy atom. The van der Waals surface area contributed by atoms with Gasteiger partial charge in [0.25, 0.3) is 0 Å². The normalized spacial score (nSPS) is 16.4. The standard InChI is InChI=1S/C24H31NO3/c1-4-27-21-14-13-19(17-22(21)28-5-2)18(3)25-23(26)24(15-9-10-16-24)20-11-7-6-8-12-20/h6-8,11-14,17-18H,4-5,9-10,15-16H2,1-3H3,(H,25,26)/t18-/m1/s1. The highest BCUT2D eigenvalue weighted by molar-refractivity contribution is 5.89. The molecule has 0 unspecified atom stereocenters. The maximum Gasteiger partial charge on any atom is 0.231 e. The van der Waals surface area contributed by atoms with Crippen LogP contribution in [0, 0.1) is 0 Å². The van der Waals surface area contributed by atoms with E-state index in [2.05, 4.69) is 17.4 Å². The Morgan fingerprint density at radius 2 is 1.64 bits per heavy atom. The summed E-state index contributed by atoms with van der Waals surface area (Å²) in [6.07, 6.45) is 3.99. The lowest BCUT2D eigenvalue weighted by Gasteiger charge is -2.30. The molecule has 0 spiro atoms. The molecule has 0 radical (unpaired) electrons. The third-order valence-electron chi connectivity index (χ3n) is 5.63. The first kappa shape index (κ1) is 20.2. The SMILES string of the molecule is CCOc1ccc([C@@H](C)NC(=O)C2(c3ccccc3)CCCC2)cc1OCC. The number of rotatable bonds is 8. The summed E-state index contributed by atoms with van der Waals surface area (Å²) >= 11 is 0. The van der Waals surface area contributed by atoms with Crippen molar-refractivity contribution < 1.29 is 14.3 Å². The molecule has 1 saturated carbocycles. The van der Waals surface area contributed by atoms with E-state index < -0.39 is 5.41 Å². The van der Waals surface area contributed by atoms with Crippen LogP contribution < -0.4 is 14.8 Å². The highest BCUT2D eigenvalue weighted by atomic mass is 16.5. The van der Waals surface area contributed by atoms with Gasteiger partial charge in [0.05, 0.1) is 24.7 Å². The van der Waals surface area contributed by atoms with Crippen LogP contribution in [0.15, 0.2) is 48.5 Å². The van der Waals surface area contributed by atoms with Gasteiger partial charge in [-0.3, -0.25) is 4.79 Å². The molecule has 28 heavy (non-hydrogen) atoms. The number of hydrogen-bond donors (Lipinski definition) is 1. The molecule has 1 aliphatic carbocycles. The maximum atomic E-state index is 13.4. The minimum Gasteiger partial charge on any atom is -0.490 e. The first-order chi connectivity index (χ1) is 13.6. The van der Waals surface area contributed by atoms with E-state index in [1.54, 1.807) is 0 Å². The Balaban J connectivity index is 1.80. The average molecular weight is 382 g/mol. The fourth-order valence-electron chi connectivity index (χ4n) is 4.14. The topological polar surface area (TPSA) is 47.6 Å². The maximum absolute atomic E-state index is 13.4. The molecule has 1 atom stereocenters. The van der Waals surface area contributed by atoms with Gasteiger partial charge in [-0.25, -0.2) is 0 Å². The molecule has 4 nitrogen and oxygen atoms in total. The first-order valence-electron chi connectivity index (χ1n) is 10.4. The highest BCUT2D eigenvalue weighted by Crippen LogP contribution is 2.42. The molecule has 3 rings (SSSR count). The van der Waals surface area contributed by atoms with Gasteiger partial charge in [-0.2, -0.15) is 0 Å². The summed E-state index contributed by atoms with van der Waals surface area (Å²) in [6.45, 7) is 7.10. The van der Waals surface area contributed by atoms with Crippen LogP contribution in [0.1, 0.15) is 63.6 Å². The van der Waals surface area contributed by atoms with Gasteiger partial charge in [-0.05, 0) is 56.9 Å². The minimum absolute atomic E-state index is 0.108. The Morgan fingerprint density at radius 3 is 2.29 bits per heavy atom. The van der Waals surface area contributed by atoms with Crippen LogP contribution in [-0.2, 0) is 10.2 Å². The van der Waals surface area contributed by atoms with Gasteiger partial charge >= 0.3 is 0 Å². The quantitative estimate of drug-likeness (QED) is 0.686. The van der Waals surface area contributed by atoms with Crippen molar-refractivity contribution in [3.05, 3.63) is 59.7 Å². The largest absolute Gasteiger partial charge is 0.490 e. The monoisotopic (exact) mass is 381 g/mol. The number of carbonyl (C=O) groups is 1. The first-order valence-corrected chi connectivity index (χ1v) is 10.4. The Bertz CT molecular complexity index is 782. The van der Waals surface area contributed by atoms with Crippen LogP contribution in [0.2, 0.25) is 0 Å². The number of amides is 1. The molecule has 4 heteroatoms. The van der Waals surface area contributed by atoms with Crippen LogP contribution in [-0.4, -0.2) is 19.1 Å². The summed E-state index contributed by atoms with van der Waals surface area (Å²) in [6, 6.07) is 16.0. The van der Waals surface area contributed by atoms with Crippen LogP contribution in [0.3, 0.4) is 0 Å². The molecule has 2 aromatic rings. The zero-order valence-electron chi connectivity index (χ0n) is 17.2. The lowest BCUT2D eigenvalue weighted by molar-refractivity contribution is -0.127. The molecule has 150 valence electrons. The van der Waals surface area contributed by atoms with E-state index in [1.165, 1.54) is 0 Å². The van der Waals surface area contributed by atoms with E-state index in [0.717, 1.165) is 48.3 Å². The lowest BCUT2D eigenvalue weighted by Crippen LogP contribution is -2.43. The molecule has 2 aromatic carbocycles.